The fourth-order valence-electron chi connectivity index (χ4n) is 0.938. The van der Waals surface area contributed by atoms with Crippen LogP contribution in [0.25, 0.3) is 0 Å². The van der Waals surface area contributed by atoms with Gasteiger partial charge in [-0.05, 0) is 36.2 Å². The number of hydrogen-bond donors (Lipinski definition) is 1. The average Bonchev–Trinajstić information content (AvgIpc) is 2.03. The van der Waals surface area contributed by atoms with Crippen LogP contribution >= 0.6 is 0 Å². The molecule has 1 aromatic carbocycles. The summed E-state index contributed by atoms with van der Waals surface area (Å²) in [6, 6.07) is 3.54. The average molecular weight is 199 g/mol. The summed E-state index contributed by atoms with van der Waals surface area (Å²) in [5.74, 6) is -0.519. The number of Topliss-reactive ketones (excluding diaryl/α,β-unsaturated/α-hetero) is 1. The van der Waals surface area contributed by atoms with Crippen LogP contribution in [0.4, 0.5) is 0 Å². The standard InChI is InChI=1S/C8H8O4S/c1-5(9)7-4-6(10)2-3-8(7)13(11)12/h2-4,10H,1H3,(H,11,12)/p-1. The number of benzene rings is 1. The number of hydrogen-bond acceptors (Lipinski definition) is 4. The molecule has 1 aromatic rings. The van der Waals surface area contributed by atoms with Crippen LogP contribution in [0.3, 0.4) is 0 Å². The van der Waals surface area contributed by atoms with E-state index in [0.29, 0.717) is 0 Å². The minimum atomic E-state index is -2.45. The van der Waals surface area contributed by atoms with Gasteiger partial charge in [-0.3, -0.25) is 9.00 Å². The van der Waals surface area contributed by atoms with Gasteiger partial charge in [0.25, 0.3) is 0 Å². The van der Waals surface area contributed by atoms with E-state index >= 15 is 0 Å². The summed E-state index contributed by atoms with van der Waals surface area (Å²) < 4.78 is 21.2. The lowest BCUT2D eigenvalue weighted by Crippen LogP contribution is -2.00. The second-order valence-electron chi connectivity index (χ2n) is 2.47. The van der Waals surface area contributed by atoms with Crippen LogP contribution in [-0.2, 0) is 11.1 Å². The van der Waals surface area contributed by atoms with Crippen LogP contribution < -0.4 is 0 Å². The summed E-state index contributed by atoms with van der Waals surface area (Å²) in [6.45, 7) is 1.24. The van der Waals surface area contributed by atoms with Crippen molar-refractivity contribution in [3.05, 3.63) is 23.8 Å². The van der Waals surface area contributed by atoms with Crippen molar-refractivity contribution in [1.29, 1.82) is 0 Å². The molecule has 0 amide bonds. The number of phenols is 1. The van der Waals surface area contributed by atoms with Crippen molar-refractivity contribution >= 4 is 16.9 Å². The van der Waals surface area contributed by atoms with E-state index in [2.05, 4.69) is 0 Å². The summed E-state index contributed by atoms with van der Waals surface area (Å²) in [6.07, 6.45) is 0. The lowest BCUT2D eigenvalue weighted by atomic mass is 10.1. The molecule has 0 heterocycles. The minimum absolute atomic E-state index is 0.00772. The maximum atomic E-state index is 10.9. The Morgan fingerprint density at radius 1 is 1.54 bits per heavy atom. The van der Waals surface area contributed by atoms with Crippen molar-refractivity contribution in [2.75, 3.05) is 0 Å². The first kappa shape index (κ1) is 9.88. The second kappa shape index (κ2) is 3.68. The first-order chi connectivity index (χ1) is 6.02. The maximum absolute atomic E-state index is 10.9. The van der Waals surface area contributed by atoms with Crippen molar-refractivity contribution in [1.82, 2.24) is 0 Å². The van der Waals surface area contributed by atoms with E-state index in [1.807, 2.05) is 0 Å². The summed E-state index contributed by atoms with van der Waals surface area (Å²) in [7, 11) is 0. The SMILES string of the molecule is CC(=O)c1cc(O)ccc1S(=O)[O-]. The molecule has 4 nitrogen and oxygen atoms in total. The molecule has 0 bridgehead atoms. The van der Waals surface area contributed by atoms with Crippen molar-refractivity contribution in [2.24, 2.45) is 0 Å². The third-order valence-electron chi connectivity index (χ3n) is 1.52. The summed E-state index contributed by atoms with van der Waals surface area (Å²) in [5, 5.41) is 9.01. The monoisotopic (exact) mass is 199 g/mol. The van der Waals surface area contributed by atoms with Gasteiger partial charge in [0.2, 0.25) is 0 Å². The fraction of sp³-hybridized carbons (Fsp3) is 0.125. The zero-order valence-corrected chi connectivity index (χ0v) is 7.63. The molecule has 0 radical (unpaired) electrons. The third kappa shape index (κ3) is 2.13. The van der Waals surface area contributed by atoms with Crippen LogP contribution in [0.15, 0.2) is 23.1 Å². The molecule has 0 fully saturated rings. The van der Waals surface area contributed by atoms with Gasteiger partial charge in [0.15, 0.2) is 5.78 Å². The number of carbonyl (C=O) groups excluding carboxylic acids is 1. The zero-order valence-electron chi connectivity index (χ0n) is 6.81. The first-order valence-corrected chi connectivity index (χ1v) is 4.53. The van der Waals surface area contributed by atoms with E-state index in [0.717, 1.165) is 6.07 Å². The Hall–Kier alpha value is -1.20. The number of aromatic hydroxyl groups is 1. The highest BCUT2D eigenvalue weighted by molar-refractivity contribution is 7.79. The molecule has 0 aliphatic heterocycles. The molecule has 0 spiro atoms. The highest BCUT2D eigenvalue weighted by Gasteiger charge is 2.08. The number of carbonyl (C=O) groups is 1. The van der Waals surface area contributed by atoms with Gasteiger partial charge in [-0.15, -0.1) is 0 Å². The van der Waals surface area contributed by atoms with Crippen molar-refractivity contribution in [3.8, 4) is 5.75 Å². The van der Waals surface area contributed by atoms with Gasteiger partial charge in [-0.1, -0.05) is 0 Å². The van der Waals surface area contributed by atoms with Crippen molar-refractivity contribution < 1.29 is 18.7 Å². The Kier molecular flexibility index (Phi) is 2.79. The molecular formula is C8H7O4S-. The largest absolute Gasteiger partial charge is 0.768 e. The normalized spacial score (nSPS) is 12.5. The summed E-state index contributed by atoms with van der Waals surface area (Å²) in [4.78, 5) is 10.8. The van der Waals surface area contributed by atoms with Crippen LogP contribution in [0.1, 0.15) is 17.3 Å². The van der Waals surface area contributed by atoms with E-state index in [1.165, 1.54) is 19.1 Å². The van der Waals surface area contributed by atoms with Crippen LogP contribution in [-0.4, -0.2) is 19.7 Å². The Balaban J connectivity index is 3.35. The van der Waals surface area contributed by atoms with E-state index < -0.39 is 16.9 Å². The van der Waals surface area contributed by atoms with Gasteiger partial charge in [-0.2, -0.15) is 0 Å². The van der Waals surface area contributed by atoms with E-state index in [-0.39, 0.29) is 16.2 Å². The highest BCUT2D eigenvalue weighted by atomic mass is 32.2. The molecule has 13 heavy (non-hydrogen) atoms. The van der Waals surface area contributed by atoms with Gasteiger partial charge in [0.05, 0.1) is 0 Å². The van der Waals surface area contributed by atoms with Gasteiger partial charge in [-0.25, -0.2) is 0 Å². The topological polar surface area (TPSA) is 77.4 Å². The van der Waals surface area contributed by atoms with Crippen molar-refractivity contribution in [3.63, 3.8) is 0 Å². The molecular weight excluding hydrogens is 192 g/mol. The number of ketones is 1. The molecule has 1 rings (SSSR count). The molecule has 1 N–H and O–H groups in total. The van der Waals surface area contributed by atoms with Gasteiger partial charge in [0.1, 0.15) is 5.75 Å². The Bertz CT molecular complexity index is 372. The first-order valence-electron chi connectivity index (χ1n) is 3.45. The molecule has 1 unspecified atom stereocenters. The molecule has 0 aliphatic carbocycles. The molecule has 0 aromatic heterocycles. The lowest BCUT2D eigenvalue weighted by Gasteiger charge is -2.09. The minimum Gasteiger partial charge on any atom is -0.768 e. The molecule has 0 saturated heterocycles. The lowest BCUT2D eigenvalue weighted by molar-refractivity contribution is 0.101. The smallest absolute Gasteiger partial charge is 0.161 e. The Morgan fingerprint density at radius 3 is 2.62 bits per heavy atom. The third-order valence-corrected chi connectivity index (χ3v) is 2.24. The van der Waals surface area contributed by atoms with E-state index in [9.17, 15) is 13.6 Å². The van der Waals surface area contributed by atoms with E-state index in [1.54, 1.807) is 0 Å². The maximum Gasteiger partial charge on any atom is 0.161 e. The Labute approximate surface area is 77.5 Å². The van der Waals surface area contributed by atoms with Gasteiger partial charge < -0.3 is 9.66 Å². The van der Waals surface area contributed by atoms with Crippen molar-refractivity contribution in [2.45, 2.75) is 11.8 Å². The molecule has 0 saturated carbocycles. The zero-order chi connectivity index (χ0) is 10.0. The fourth-order valence-corrected chi connectivity index (χ4v) is 1.50. The quantitative estimate of drug-likeness (QED) is 0.565. The summed E-state index contributed by atoms with van der Waals surface area (Å²) >= 11 is -2.45. The second-order valence-corrected chi connectivity index (χ2v) is 3.38. The van der Waals surface area contributed by atoms with Crippen LogP contribution in [0.2, 0.25) is 0 Å². The Morgan fingerprint density at radius 2 is 2.15 bits per heavy atom. The van der Waals surface area contributed by atoms with E-state index in [4.69, 9.17) is 5.11 Å². The highest BCUT2D eigenvalue weighted by Crippen LogP contribution is 2.19. The molecule has 70 valence electrons. The van der Waals surface area contributed by atoms with Crippen LogP contribution in [0, 0.1) is 0 Å². The van der Waals surface area contributed by atoms with Gasteiger partial charge >= 0.3 is 0 Å². The summed E-state index contributed by atoms with van der Waals surface area (Å²) in [5.41, 5.74) is 0.00772. The van der Waals surface area contributed by atoms with Crippen LogP contribution in [0.5, 0.6) is 5.75 Å². The number of phenolic OH excluding ortho intramolecular Hbond substituents is 1. The molecule has 0 aliphatic rings. The predicted molar refractivity (Wildman–Crippen MR) is 45.3 cm³/mol. The molecule has 5 heteroatoms. The number of rotatable bonds is 2. The molecule has 1 atom stereocenters. The predicted octanol–water partition coefficient (Wildman–Crippen LogP) is 0.833. The van der Waals surface area contributed by atoms with Gasteiger partial charge in [0, 0.05) is 10.5 Å².